The number of urea groups is 1. The smallest absolute Gasteiger partial charge is 0.348 e. The van der Waals surface area contributed by atoms with E-state index in [1.165, 1.54) is 11.3 Å². The number of esters is 1. The molecular formula is C13H16N2O4S. The van der Waals surface area contributed by atoms with E-state index in [4.69, 9.17) is 4.74 Å². The fourth-order valence-electron chi connectivity index (χ4n) is 2.05. The molecule has 0 aromatic carbocycles. The van der Waals surface area contributed by atoms with Crippen LogP contribution in [0.2, 0.25) is 0 Å². The van der Waals surface area contributed by atoms with Crippen LogP contribution in [0, 0.1) is 0 Å². The van der Waals surface area contributed by atoms with Gasteiger partial charge in [0.05, 0.1) is 0 Å². The zero-order valence-electron chi connectivity index (χ0n) is 10.9. The fraction of sp³-hybridized carbons (Fsp3) is 0.462. The molecule has 0 aliphatic heterocycles. The summed E-state index contributed by atoms with van der Waals surface area (Å²) < 4.78 is 4.80. The van der Waals surface area contributed by atoms with Crippen LogP contribution in [-0.4, -0.2) is 30.6 Å². The normalized spacial score (nSPS) is 14.8. The lowest BCUT2D eigenvalue weighted by atomic mass is 10.2. The first-order chi connectivity index (χ1) is 9.65. The Hall–Kier alpha value is -1.89. The summed E-state index contributed by atoms with van der Waals surface area (Å²) in [7, 11) is 0. The van der Waals surface area contributed by atoms with Gasteiger partial charge in [-0.15, -0.1) is 11.3 Å². The van der Waals surface area contributed by atoms with E-state index in [1.807, 2.05) is 0 Å². The average Bonchev–Trinajstić information content (AvgIpc) is 3.08. The van der Waals surface area contributed by atoms with Crippen molar-refractivity contribution in [2.45, 2.75) is 31.7 Å². The van der Waals surface area contributed by atoms with E-state index >= 15 is 0 Å². The van der Waals surface area contributed by atoms with Gasteiger partial charge in [-0.2, -0.15) is 0 Å². The number of hydrogen-bond donors (Lipinski definition) is 2. The van der Waals surface area contributed by atoms with E-state index in [9.17, 15) is 14.4 Å². The van der Waals surface area contributed by atoms with Gasteiger partial charge in [0.25, 0.3) is 5.91 Å². The molecule has 3 amide bonds. The predicted octanol–water partition coefficient (Wildman–Crippen LogP) is 1.67. The molecule has 1 aromatic rings. The zero-order chi connectivity index (χ0) is 14.4. The molecule has 6 nitrogen and oxygen atoms in total. The summed E-state index contributed by atoms with van der Waals surface area (Å²) in [5.41, 5.74) is 0. The van der Waals surface area contributed by atoms with Crippen molar-refractivity contribution in [1.29, 1.82) is 0 Å². The molecular weight excluding hydrogens is 280 g/mol. The average molecular weight is 296 g/mol. The highest BCUT2D eigenvalue weighted by Gasteiger charge is 2.18. The van der Waals surface area contributed by atoms with Crippen LogP contribution in [0.4, 0.5) is 4.79 Å². The van der Waals surface area contributed by atoms with E-state index in [2.05, 4.69) is 10.6 Å². The van der Waals surface area contributed by atoms with Crippen LogP contribution >= 0.6 is 11.3 Å². The van der Waals surface area contributed by atoms with E-state index in [0.29, 0.717) is 4.88 Å². The number of carbonyl (C=O) groups is 3. The van der Waals surface area contributed by atoms with Crippen LogP contribution in [0.25, 0.3) is 0 Å². The minimum absolute atomic E-state index is 0.136. The number of thiophene rings is 1. The van der Waals surface area contributed by atoms with Crippen LogP contribution in [0.1, 0.15) is 35.4 Å². The van der Waals surface area contributed by atoms with Gasteiger partial charge in [-0.1, -0.05) is 18.9 Å². The highest BCUT2D eigenvalue weighted by molar-refractivity contribution is 7.11. The van der Waals surface area contributed by atoms with Gasteiger partial charge in [-0.25, -0.2) is 9.59 Å². The molecule has 0 bridgehead atoms. The molecule has 1 aliphatic rings. The molecule has 0 saturated heterocycles. The highest BCUT2D eigenvalue weighted by Crippen LogP contribution is 2.17. The topological polar surface area (TPSA) is 84.5 Å². The molecule has 20 heavy (non-hydrogen) atoms. The van der Waals surface area contributed by atoms with Crippen LogP contribution in [0.3, 0.4) is 0 Å². The van der Waals surface area contributed by atoms with Gasteiger partial charge >= 0.3 is 12.0 Å². The van der Waals surface area contributed by atoms with Gasteiger partial charge in [0.2, 0.25) is 0 Å². The molecule has 0 radical (unpaired) electrons. The van der Waals surface area contributed by atoms with Gasteiger partial charge in [0.1, 0.15) is 4.88 Å². The predicted molar refractivity (Wildman–Crippen MR) is 73.5 cm³/mol. The van der Waals surface area contributed by atoms with E-state index in [0.717, 1.165) is 25.7 Å². The number of hydrogen-bond acceptors (Lipinski definition) is 5. The lowest BCUT2D eigenvalue weighted by molar-refractivity contribution is -0.123. The van der Waals surface area contributed by atoms with Crippen LogP contribution in [0.15, 0.2) is 17.5 Å². The van der Waals surface area contributed by atoms with Gasteiger partial charge < -0.3 is 10.1 Å². The van der Waals surface area contributed by atoms with Crippen molar-refractivity contribution in [3.05, 3.63) is 22.4 Å². The van der Waals surface area contributed by atoms with Gasteiger partial charge in [0, 0.05) is 6.04 Å². The largest absolute Gasteiger partial charge is 0.451 e. The van der Waals surface area contributed by atoms with Crippen LogP contribution in [0.5, 0.6) is 0 Å². The number of carbonyl (C=O) groups excluding carboxylic acids is 3. The summed E-state index contributed by atoms with van der Waals surface area (Å²) in [5.74, 6) is -1.20. The van der Waals surface area contributed by atoms with Crippen LogP contribution < -0.4 is 10.6 Å². The molecule has 0 unspecified atom stereocenters. The number of amides is 3. The van der Waals surface area contributed by atoms with Crippen LogP contribution in [-0.2, 0) is 9.53 Å². The first kappa shape index (κ1) is 14.5. The molecule has 108 valence electrons. The third kappa shape index (κ3) is 4.34. The maximum atomic E-state index is 11.5. The number of ether oxygens (including phenoxy) is 1. The minimum atomic E-state index is -0.634. The fourth-order valence-corrected chi connectivity index (χ4v) is 2.67. The second-order valence-electron chi connectivity index (χ2n) is 4.56. The molecule has 1 aromatic heterocycles. The standard InChI is InChI=1S/C13H16N2O4S/c16-11(8-19-12(17)10-6-3-7-20-10)15-13(18)14-9-4-1-2-5-9/h3,6-7,9H,1-2,4-5,8H2,(H2,14,15,16,18). The second kappa shape index (κ2) is 7.04. The zero-order valence-corrected chi connectivity index (χ0v) is 11.7. The van der Waals surface area contributed by atoms with Crippen molar-refractivity contribution in [3.63, 3.8) is 0 Å². The lowest BCUT2D eigenvalue weighted by Gasteiger charge is -2.12. The summed E-state index contributed by atoms with van der Waals surface area (Å²) >= 11 is 1.23. The summed E-state index contributed by atoms with van der Waals surface area (Å²) in [6.45, 7) is -0.463. The summed E-state index contributed by atoms with van der Waals surface area (Å²) in [5, 5.41) is 6.60. The lowest BCUT2D eigenvalue weighted by Crippen LogP contribution is -2.44. The van der Waals surface area contributed by atoms with Crippen molar-refractivity contribution in [1.82, 2.24) is 10.6 Å². The molecule has 7 heteroatoms. The quantitative estimate of drug-likeness (QED) is 0.828. The molecule has 0 atom stereocenters. The third-order valence-corrected chi connectivity index (χ3v) is 3.85. The van der Waals surface area contributed by atoms with Gasteiger partial charge in [0.15, 0.2) is 6.61 Å². The SMILES string of the molecule is O=C(COC(=O)c1cccs1)NC(=O)NC1CCCC1. The number of imide groups is 1. The Morgan fingerprint density at radius 1 is 1.30 bits per heavy atom. The Labute approximate surface area is 120 Å². The number of nitrogens with one attached hydrogen (secondary N) is 2. The van der Waals surface area contributed by atoms with Crippen molar-refractivity contribution >= 4 is 29.2 Å². The van der Waals surface area contributed by atoms with Gasteiger partial charge in [-0.3, -0.25) is 10.1 Å². The molecule has 1 saturated carbocycles. The first-order valence-electron chi connectivity index (χ1n) is 6.46. The Bertz CT molecular complexity index is 481. The van der Waals surface area contributed by atoms with Crippen molar-refractivity contribution in [3.8, 4) is 0 Å². The Kier molecular flexibility index (Phi) is 5.11. The Balaban J connectivity index is 1.67. The first-order valence-corrected chi connectivity index (χ1v) is 7.34. The molecule has 1 aliphatic carbocycles. The van der Waals surface area contributed by atoms with Crippen molar-refractivity contribution < 1.29 is 19.1 Å². The monoisotopic (exact) mass is 296 g/mol. The van der Waals surface area contributed by atoms with Crippen molar-refractivity contribution in [2.24, 2.45) is 0 Å². The Morgan fingerprint density at radius 2 is 2.05 bits per heavy atom. The highest BCUT2D eigenvalue weighted by atomic mass is 32.1. The third-order valence-electron chi connectivity index (χ3n) is 3.00. The molecule has 2 rings (SSSR count). The molecule has 1 fully saturated rings. The summed E-state index contributed by atoms with van der Waals surface area (Å²) in [6.07, 6.45) is 4.07. The Morgan fingerprint density at radius 3 is 2.70 bits per heavy atom. The van der Waals surface area contributed by atoms with Crippen molar-refractivity contribution in [2.75, 3.05) is 6.61 Å². The maximum Gasteiger partial charge on any atom is 0.348 e. The second-order valence-corrected chi connectivity index (χ2v) is 5.50. The maximum absolute atomic E-state index is 11.5. The minimum Gasteiger partial charge on any atom is -0.451 e. The van der Waals surface area contributed by atoms with E-state index < -0.39 is 24.5 Å². The van der Waals surface area contributed by atoms with E-state index in [-0.39, 0.29) is 6.04 Å². The molecule has 0 spiro atoms. The molecule has 1 heterocycles. The number of rotatable bonds is 4. The summed E-state index contributed by atoms with van der Waals surface area (Å²) in [6, 6.07) is 2.93. The summed E-state index contributed by atoms with van der Waals surface area (Å²) in [4.78, 5) is 34.9. The van der Waals surface area contributed by atoms with E-state index in [1.54, 1.807) is 17.5 Å². The molecule has 2 N–H and O–H groups in total. The van der Waals surface area contributed by atoms with Gasteiger partial charge in [-0.05, 0) is 24.3 Å².